The third-order valence-electron chi connectivity index (χ3n) is 3.84. The van der Waals surface area contributed by atoms with E-state index in [2.05, 4.69) is 15.3 Å². The van der Waals surface area contributed by atoms with Crippen molar-refractivity contribution in [1.29, 1.82) is 0 Å². The van der Waals surface area contributed by atoms with Crippen LogP contribution in [0.25, 0.3) is 11.4 Å². The normalized spacial score (nSPS) is 16.7. The van der Waals surface area contributed by atoms with Crippen molar-refractivity contribution in [2.45, 2.75) is 6.42 Å². The van der Waals surface area contributed by atoms with Gasteiger partial charge in [0.2, 0.25) is 10.0 Å². The summed E-state index contributed by atoms with van der Waals surface area (Å²) in [5, 5.41) is 2.81. The number of rotatable bonds is 5. The summed E-state index contributed by atoms with van der Waals surface area (Å²) in [6.07, 6.45) is 2.01. The summed E-state index contributed by atoms with van der Waals surface area (Å²) in [6.45, 7) is 0.923. The molecule has 0 saturated carbocycles. The third kappa shape index (κ3) is 4.15. The number of hydrogen-bond donors (Lipinski definition) is 1. The molecular weight excluding hydrogens is 364 g/mol. The number of aromatic nitrogens is 2. The monoisotopic (exact) mass is 380 g/mol. The fraction of sp³-hybridized carbons (Fsp3) is 0.312. The van der Waals surface area contributed by atoms with Gasteiger partial charge in [-0.25, -0.2) is 22.7 Å². The van der Waals surface area contributed by atoms with Crippen molar-refractivity contribution in [3.8, 4) is 11.4 Å². The summed E-state index contributed by atoms with van der Waals surface area (Å²) >= 11 is 6.04. The average Bonchev–Trinajstić information content (AvgIpc) is 2.94. The Kier molecular flexibility index (Phi) is 5.31. The van der Waals surface area contributed by atoms with E-state index in [-0.39, 0.29) is 29.6 Å². The van der Waals surface area contributed by atoms with Crippen molar-refractivity contribution in [3.63, 3.8) is 0 Å². The zero-order chi connectivity index (χ0) is 17.9. The van der Waals surface area contributed by atoms with Crippen LogP contribution in [0.1, 0.15) is 16.9 Å². The van der Waals surface area contributed by atoms with Crippen LogP contribution in [0, 0.1) is 0 Å². The second-order valence-corrected chi connectivity index (χ2v) is 8.08. The molecule has 3 rings (SSSR count). The molecule has 1 aliphatic rings. The molecule has 1 aromatic carbocycles. The van der Waals surface area contributed by atoms with Gasteiger partial charge in [0.15, 0.2) is 11.5 Å². The van der Waals surface area contributed by atoms with Crippen molar-refractivity contribution in [1.82, 2.24) is 19.6 Å². The Labute approximate surface area is 151 Å². The van der Waals surface area contributed by atoms with Gasteiger partial charge in [-0.15, -0.1) is 0 Å². The van der Waals surface area contributed by atoms with Crippen molar-refractivity contribution in [2.24, 2.45) is 0 Å². The van der Waals surface area contributed by atoms with Crippen LogP contribution in [0.3, 0.4) is 0 Å². The lowest BCUT2D eigenvalue weighted by molar-refractivity contribution is 0.0947. The molecule has 1 saturated heterocycles. The van der Waals surface area contributed by atoms with Gasteiger partial charge < -0.3 is 5.32 Å². The predicted octanol–water partition coefficient (Wildman–Crippen LogP) is 1.56. The summed E-state index contributed by atoms with van der Waals surface area (Å²) < 4.78 is 24.8. The Morgan fingerprint density at radius 2 is 2.04 bits per heavy atom. The molecule has 132 valence electrons. The molecule has 0 radical (unpaired) electrons. The molecule has 0 atom stereocenters. The first kappa shape index (κ1) is 17.8. The van der Waals surface area contributed by atoms with E-state index in [9.17, 15) is 13.2 Å². The Morgan fingerprint density at radius 3 is 2.72 bits per heavy atom. The lowest BCUT2D eigenvalue weighted by atomic mass is 10.2. The standard InChI is InChI=1S/C16H17ClN4O3S/c17-13-11-19-15(12-5-2-1-3-6-12)20-14(13)16(22)18-7-9-21-8-4-10-25(21,23)24/h1-3,5-6,11H,4,7-10H2,(H,18,22). The minimum absolute atomic E-state index is 0.0693. The van der Waals surface area contributed by atoms with E-state index in [0.717, 1.165) is 5.56 Å². The van der Waals surface area contributed by atoms with Gasteiger partial charge in [0.1, 0.15) is 0 Å². The van der Waals surface area contributed by atoms with Gasteiger partial charge in [-0.1, -0.05) is 41.9 Å². The molecule has 2 heterocycles. The van der Waals surface area contributed by atoms with Gasteiger partial charge in [-0.2, -0.15) is 0 Å². The first-order valence-corrected chi connectivity index (χ1v) is 9.80. The van der Waals surface area contributed by atoms with Gasteiger partial charge in [0, 0.05) is 25.2 Å². The second-order valence-electron chi connectivity index (χ2n) is 5.58. The van der Waals surface area contributed by atoms with Crippen LogP contribution < -0.4 is 5.32 Å². The Balaban J connectivity index is 1.67. The SMILES string of the molecule is O=C(NCCN1CCCS1(=O)=O)c1nc(-c2ccccc2)ncc1Cl. The minimum Gasteiger partial charge on any atom is -0.349 e. The maximum Gasteiger partial charge on any atom is 0.271 e. The van der Waals surface area contributed by atoms with E-state index in [1.165, 1.54) is 10.5 Å². The quantitative estimate of drug-likeness (QED) is 0.849. The van der Waals surface area contributed by atoms with E-state index >= 15 is 0 Å². The van der Waals surface area contributed by atoms with E-state index < -0.39 is 15.9 Å². The van der Waals surface area contributed by atoms with Crippen molar-refractivity contribution in [2.75, 3.05) is 25.4 Å². The van der Waals surface area contributed by atoms with Crippen LogP contribution in [0.5, 0.6) is 0 Å². The molecule has 1 aliphatic heterocycles. The number of carbonyl (C=O) groups is 1. The summed E-state index contributed by atoms with van der Waals surface area (Å²) in [7, 11) is -3.17. The molecular formula is C16H17ClN4O3S. The number of carbonyl (C=O) groups excluding carboxylic acids is 1. The van der Waals surface area contributed by atoms with Gasteiger partial charge >= 0.3 is 0 Å². The third-order valence-corrected chi connectivity index (χ3v) is 6.07. The van der Waals surface area contributed by atoms with E-state index in [4.69, 9.17) is 11.6 Å². The van der Waals surface area contributed by atoms with Gasteiger partial charge in [0.25, 0.3) is 5.91 Å². The van der Waals surface area contributed by atoms with Gasteiger partial charge in [-0.3, -0.25) is 4.79 Å². The van der Waals surface area contributed by atoms with Crippen LogP contribution in [0.2, 0.25) is 5.02 Å². The lowest BCUT2D eigenvalue weighted by Gasteiger charge is -2.14. The van der Waals surface area contributed by atoms with Crippen molar-refractivity contribution < 1.29 is 13.2 Å². The van der Waals surface area contributed by atoms with Crippen LogP contribution in [-0.2, 0) is 10.0 Å². The molecule has 0 spiro atoms. The van der Waals surface area contributed by atoms with Crippen LogP contribution in [0.15, 0.2) is 36.5 Å². The molecule has 0 aliphatic carbocycles. The lowest BCUT2D eigenvalue weighted by Crippen LogP contribution is -2.36. The number of nitrogens with one attached hydrogen (secondary N) is 1. The number of nitrogens with zero attached hydrogens (tertiary/aromatic N) is 3. The number of amides is 1. The van der Waals surface area contributed by atoms with Crippen molar-refractivity contribution >= 4 is 27.5 Å². The highest BCUT2D eigenvalue weighted by molar-refractivity contribution is 7.89. The fourth-order valence-corrected chi connectivity index (χ4v) is 4.28. The Hall–Kier alpha value is -2.03. The highest BCUT2D eigenvalue weighted by Gasteiger charge is 2.27. The topological polar surface area (TPSA) is 92.3 Å². The average molecular weight is 381 g/mol. The molecule has 25 heavy (non-hydrogen) atoms. The number of sulfonamides is 1. The fourth-order valence-electron chi connectivity index (χ4n) is 2.57. The highest BCUT2D eigenvalue weighted by atomic mass is 35.5. The summed E-state index contributed by atoms with van der Waals surface area (Å²) in [5.74, 6) is 0.109. The van der Waals surface area contributed by atoms with Gasteiger partial charge in [0.05, 0.1) is 17.0 Å². The first-order chi connectivity index (χ1) is 12.0. The smallest absolute Gasteiger partial charge is 0.271 e. The molecule has 1 N–H and O–H groups in total. The molecule has 1 aromatic heterocycles. The van der Waals surface area contributed by atoms with E-state index in [0.29, 0.717) is 18.8 Å². The van der Waals surface area contributed by atoms with E-state index in [1.54, 1.807) is 0 Å². The van der Waals surface area contributed by atoms with Crippen LogP contribution in [-0.4, -0.2) is 54.0 Å². The largest absolute Gasteiger partial charge is 0.349 e. The molecule has 0 bridgehead atoms. The van der Waals surface area contributed by atoms with Crippen LogP contribution >= 0.6 is 11.6 Å². The minimum atomic E-state index is -3.17. The first-order valence-electron chi connectivity index (χ1n) is 7.81. The summed E-state index contributed by atoms with van der Waals surface area (Å²) in [5.41, 5.74) is 0.844. The molecule has 1 fully saturated rings. The Morgan fingerprint density at radius 1 is 1.28 bits per heavy atom. The zero-order valence-corrected chi connectivity index (χ0v) is 14.9. The highest BCUT2D eigenvalue weighted by Crippen LogP contribution is 2.19. The Bertz CT molecular complexity index is 874. The summed E-state index contributed by atoms with van der Waals surface area (Å²) in [6, 6.07) is 9.25. The molecule has 1 amide bonds. The number of benzene rings is 1. The summed E-state index contributed by atoms with van der Waals surface area (Å²) in [4.78, 5) is 20.7. The maximum absolute atomic E-state index is 12.3. The molecule has 7 nitrogen and oxygen atoms in total. The van der Waals surface area contributed by atoms with E-state index in [1.807, 2.05) is 30.3 Å². The molecule has 0 unspecified atom stereocenters. The molecule has 2 aromatic rings. The van der Waals surface area contributed by atoms with Crippen LogP contribution in [0.4, 0.5) is 0 Å². The van der Waals surface area contributed by atoms with Crippen molar-refractivity contribution in [3.05, 3.63) is 47.2 Å². The molecule has 9 heteroatoms. The maximum atomic E-state index is 12.3. The zero-order valence-electron chi connectivity index (χ0n) is 13.4. The number of halogens is 1. The van der Waals surface area contributed by atoms with Gasteiger partial charge in [-0.05, 0) is 6.42 Å². The predicted molar refractivity (Wildman–Crippen MR) is 94.8 cm³/mol. The second kappa shape index (κ2) is 7.47. The number of hydrogen-bond acceptors (Lipinski definition) is 5.